The molecule has 0 radical (unpaired) electrons. The average Bonchev–Trinajstić information content (AvgIpc) is 2.64. The van der Waals surface area contributed by atoms with Crippen molar-refractivity contribution in [1.29, 1.82) is 0 Å². The highest BCUT2D eigenvalue weighted by molar-refractivity contribution is 7.12. The number of benzene rings is 1. The van der Waals surface area contributed by atoms with Gasteiger partial charge in [-0.3, -0.25) is 4.79 Å². The summed E-state index contributed by atoms with van der Waals surface area (Å²) in [5, 5.41) is 11.4. The third kappa shape index (κ3) is 2.07. The predicted molar refractivity (Wildman–Crippen MR) is 61.5 cm³/mol. The van der Waals surface area contributed by atoms with E-state index in [1.807, 2.05) is 24.4 Å². The number of aromatic hydroxyl groups is 1. The van der Waals surface area contributed by atoms with E-state index in [1.165, 1.54) is 11.3 Å². The molecule has 0 saturated heterocycles. The molecule has 2 rings (SSSR count). The smallest absolute Gasteiger partial charge is 0.160 e. The summed E-state index contributed by atoms with van der Waals surface area (Å²) in [7, 11) is 0. The lowest BCUT2D eigenvalue weighted by atomic mass is 10.1. The molecule has 0 spiro atoms. The minimum Gasteiger partial charge on any atom is -0.508 e. The van der Waals surface area contributed by atoms with Crippen LogP contribution in [-0.4, -0.2) is 11.4 Å². The lowest BCUT2D eigenvalue weighted by molar-refractivity contribution is 0.112. The number of hydrogen-bond donors (Lipinski definition) is 1. The number of aryl methyl sites for hydroxylation is 1. The van der Waals surface area contributed by atoms with Crippen LogP contribution >= 0.6 is 11.3 Å². The lowest BCUT2D eigenvalue weighted by Crippen LogP contribution is -1.77. The zero-order chi connectivity index (χ0) is 10.8. The molecule has 0 aliphatic rings. The third-order valence-electron chi connectivity index (χ3n) is 2.13. The van der Waals surface area contributed by atoms with E-state index in [1.54, 1.807) is 12.1 Å². The number of phenols is 1. The molecule has 1 heterocycles. The van der Waals surface area contributed by atoms with Crippen LogP contribution in [0.4, 0.5) is 0 Å². The summed E-state index contributed by atoms with van der Waals surface area (Å²) >= 11 is 1.41. The molecule has 76 valence electrons. The summed E-state index contributed by atoms with van der Waals surface area (Å²) in [6.45, 7) is 1.93. The van der Waals surface area contributed by atoms with Gasteiger partial charge in [0, 0.05) is 0 Å². The van der Waals surface area contributed by atoms with Crippen molar-refractivity contribution in [1.82, 2.24) is 0 Å². The van der Waals surface area contributed by atoms with Crippen molar-refractivity contribution in [2.45, 2.75) is 6.92 Å². The highest BCUT2D eigenvalue weighted by Gasteiger charge is 2.03. The first-order chi connectivity index (χ1) is 7.19. The molecule has 0 aliphatic heterocycles. The molecule has 1 N–H and O–H groups in total. The minimum absolute atomic E-state index is 0.254. The molecule has 1 aromatic heterocycles. The Kier molecular flexibility index (Phi) is 2.56. The summed E-state index contributed by atoms with van der Waals surface area (Å²) in [5.74, 6) is 0.254. The molecule has 0 unspecified atom stereocenters. The maximum absolute atomic E-state index is 10.5. The quantitative estimate of drug-likeness (QED) is 0.786. The summed E-state index contributed by atoms with van der Waals surface area (Å²) in [6.07, 6.45) is 0.837. The molecular weight excluding hydrogens is 208 g/mol. The Balaban J connectivity index is 2.48. The lowest BCUT2D eigenvalue weighted by Gasteiger charge is -2.01. The fraction of sp³-hybridized carbons (Fsp3) is 0.0833. The molecule has 0 aliphatic carbocycles. The second-order valence-electron chi connectivity index (χ2n) is 3.41. The molecule has 2 nitrogen and oxygen atoms in total. The normalized spacial score (nSPS) is 10.2. The molecule has 0 bridgehead atoms. The van der Waals surface area contributed by atoms with Gasteiger partial charge in [-0.15, -0.1) is 11.3 Å². The summed E-state index contributed by atoms with van der Waals surface area (Å²) in [6, 6.07) is 7.21. The van der Waals surface area contributed by atoms with E-state index in [0.29, 0.717) is 4.88 Å². The molecular formula is C12H10O2S. The van der Waals surface area contributed by atoms with Crippen molar-refractivity contribution in [3.8, 4) is 16.9 Å². The first kappa shape index (κ1) is 9.93. The monoisotopic (exact) mass is 218 g/mol. The number of thiophene rings is 1. The molecule has 15 heavy (non-hydrogen) atoms. The average molecular weight is 218 g/mol. The molecule has 0 amide bonds. The second kappa shape index (κ2) is 3.87. The van der Waals surface area contributed by atoms with Gasteiger partial charge in [0.25, 0.3) is 0 Å². The van der Waals surface area contributed by atoms with Crippen molar-refractivity contribution in [3.05, 3.63) is 40.1 Å². The Bertz CT molecular complexity index is 480. The van der Waals surface area contributed by atoms with Crippen molar-refractivity contribution in [2.24, 2.45) is 0 Å². The summed E-state index contributed by atoms with van der Waals surface area (Å²) in [4.78, 5) is 11.2. The third-order valence-corrected chi connectivity index (χ3v) is 2.99. The number of rotatable bonds is 2. The topological polar surface area (TPSA) is 37.3 Å². The van der Waals surface area contributed by atoms with Gasteiger partial charge in [0.1, 0.15) is 5.75 Å². The van der Waals surface area contributed by atoms with Gasteiger partial charge in [-0.2, -0.15) is 0 Å². The van der Waals surface area contributed by atoms with E-state index >= 15 is 0 Å². The van der Waals surface area contributed by atoms with Crippen LogP contribution in [0.25, 0.3) is 11.1 Å². The molecule has 0 saturated carbocycles. The van der Waals surface area contributed by atoms with Gasteiger partial charge in [-0.1, -0.05) is 6.07 Å². The molecule has 1 aromatic carbocycles. The fourth-order valence-electron chi connectivity index (χ4n) is 1.50. The van der Waals surface area contributed by atoms with Gasteiger partial charge in [0.05, 0.1) is 4.88 Å². The maximum Gasteiger partial charge on any atom is 0.160 e. The van der Waals surface area contributed by atoms with Gasteiger partial charge in [-0.05, 0) is 47.2 Å². The van der Waals surface area contributed by atoms with Crippen LogP contribution in [0, 0.1) is 6.92 Å². The standard InChI is InChI=1S/C12H10O2S/c1-8-2-9(4-11(14)3-8)10-5-12(6-13)15-7-10/h2-7,14H,1H3. The Labute approximate surface area is 91.8 Å². The molecule has 2 aromatic rings. The second-order valence-corrected chi connectivity index (χ2v) is 4.36. The Morgan fingerprint density at radius 1 is 1.20 bits per heavy atom. The first-order valence-electron chi connectivity index (χ1n) is 4.54. The Morgan fingerprint density at radius 2 is 2.00 bits per heavy atom. The zero-order valence-corrected chi connectivity index (χ0v) is 9.04. The van der Waals surface area contributed by atoms with E-state index < -0.39 is 0 Å². The van der Waals surface area contributed by atoms with Crippen molar-refractivity contribution in [3.63, 3.8) is 0 Å². The van der Waals surface area contributed by atoms with E-state index in [0.717, 1.165) is 23.0 Å². The van der Waals surface area contributed by atoms with Crippen LogP contribution in [-0.2, 0) is 0 Å². The van der Waals surface area contributed by atoms with Crippen molar-refractivity contribution < 1.29 is 9.90 Å². The maximum atomic E-state index is 10.5. The van der Waals surface area contributed by atoms with Gasteiger partial charge >= 0.3 is 0 Å². The summed E-state index contributed by atoms with van der Waals surface area (Å²) < 4.78 is 0. The van der Waals surface area contributed by atoms with Crippen molar-refractivity contribution >= 4 is 17.6 Å². The zero-order valence-electron chi connectivity index (χ0n) is 8.23. The van der Waals surface area contributed by atoms with Crippen LogP contribution in [0.15, 0.2) is 29.6 Å². The fourth-order valence-corrected chi connectivity index (χ4v) is 2.21. The molecule has 0 fully saturated rings. The van der Waals surface area contributed by atoms with E-state index in [9.17, 15) is 9.90 Å². The van der Waals surface area contributed by atoms with Crippen LogP contribution in [0.5, 0.6) is 5.75 Å². The first-order valence-corrected chi connectivity index (χ1v) is 5.42. The molecule has 0 atom stereocenters. The van der Waals surface area contributed by atoms with E-state index in [2.05, 4.69) is 0 Å². The number of carbonyl (C=O) groups is 1. The van der Waals surface area contributed by atoms with E-state index in [-0.39, 0.29) is 5.75 Å². The van der Waals surface area contributed by atoms with Crippen LogP contribution in [0.1, 0.15) is 15.2 Å². The Hall–Kier alpha value is -1.61. The van der Waals surface area contributed by atoms with Crippen LogP contribution < -0.4 is 0 Å². The molecule has 3 heteroatoms. The Morgan fingerprint density at radius 3 is 2.60 bits per heavy atom. The highest BCUT2D eigenvalue weighted by atomic mass is 32.1. The van der Waals surface area contributed by atoms with Crippen molar-refractivity contribution in [2.75, 3.05) is 0 Å². The highest BCUT2D eigenvalue weighted by Crippen LogP contribution is 2.28. The van der Waals surface area contributed by atoms with Gasteiger partial charge in [-0.25, -0.2) is 0 Å². The van der Waals surface area contributed by atoms with Gasteiger partial charge in [0.2, 0.25) is 0 Å². The predicted octanol–water partition coefficient (Wildman–Crippen LogP) is 3.24. The van der Waals surface area contributed by atoms with E-state index in [4.69, 9.17) is 0 Å². The largest absolute Gasteiger partial charge is 0.508 e. The summed E-state index contributed by atoms with van der Waals surface area (Å²) in [5.41, 5.74) is 2.92. The van der Waals surface area contributed by atoms with Gasteiger partial charge in [0.15, 0.2) is 6.29 Å². The number of aldehydes is 1. The van der Waals surface area contributed by atoms with Crippen LogP contribution in [0.3, 0.4) is 0 Å². The minimum atomic E-state index is 0.254. The number of hydrogen-bond acceptors (Lipinski definition) is 3. The van der Waals surface area contributed by atoms with Gasteiger partial charge < -0.3 is 5.11 Å². The number of phenolic OH excluding ortho intramolecular Hbond substituents is 1. The van der Waals surface area contributed by atoms with Crippen LogP contribution in [0.2, 0.25) is 0 Å². The SMILES string of the molecule is Cc1cc(O)cc(-c2csc(C=O)c2)c1. The number of carbonyl (C=O) groups excluding carboxylic acids is 1.